The molecule has 1 aromatic carbocycles. The van der Waals surface area contributed by atoms with Crippen molar-refractivity contribution in [1.82, 2.24) is 0 Å². The van der Waals surface area contributed by atoms with Gasteiger partial charge >= 0.3 is 0 Å². The van der Waals surface area contributed by atoms with E-state index in [1.807, 2.05) is 31.2 Å². The van der Waals surface area contributed by atoms with Gasteiger partial charge in [0, 0.05) is 6.42 Å². The molecule has 0 heterocycles. The Labute approximate surface area is 84.6 Å². The third-order valence-corrected chi connectivity index (χ3v) is 2.13. The summed E-state index contributed by atoms with van der Waals surface area (Å²) in [6, 6.07) is 7.76. The molecule has 1 aromatic rings. The molecule has 0 aliphatic rings. The molecule has 0 atom stereocenters. The molecule has 0 saturated heterocycles. The van der Waals surface area contributed by atoms with Crippen molar-refractivity contribution in [3.63, 3.8) is 0 Å². The van der Waals surface area contributed by atoms with Crippen molar-refractivity contribution in [2.24, 2.45) is 0 Å². The van der Waals surface area contributed by atoms with E-state index in [0.29, 0.717) is 6.42 Å². The molecule has 0 saturated carbocycles. The van der Waals surface area contributed by atoms with Crippen LogP contribution in [0.25, 0.3) is 0 Å². The van der Waals surface area contributed by atoms with Crippen LogP contribution in [-0.4, -0.2) is 16.5 Å². The number of hydrogen-bond acceptors (Lipinski definition) is 2. The Balaban J connectivity index is 2.75. The molecule has 14 heavy (non-hydrogen) atoms. The SMILES string of the molecule is Cc1cccc(CC(=O)C(C)(C)O)c1. The maximum Gasteiger partial charge on any atom is 0.168 e. The lowest BCUT2D eigenvalue weighted by atomic mass is 9.96. The van der Waals surface area contributed by atoms with Crippen molar-refractivity contribution in [3.05, 3.63) is 35.4 Å². The van der Waals surface area contributed by atoms with E-state index in [0.717, 1.165) is 11.1 Å². The number of benzene rings is 1. The fourth-order valence-corrected chi connectivity index (χ4v) is 1.22. The second-order valence-corrected chi connectivity index (χ2v) is 4.15. The number of hydrogen-bond donors (Lipinski definition) is 1. The standard InChI is InChI=1S/C12H16O2/c1-9-5-4-6-10(7-9)8-11(13)12(2,3)14/h4-7,14H,8H2,1-3H3. The van der Waals surface area contributed by atoms with Crippen molar-refractivity contribution >= 4 is 5.78 Å². The molecular formula is C12H16O2. The smallest absolute Gasteiger partial charge is 0.168 e. The molecule has 0 radical (unpaired) electrons. The molecule has 76 valence electrons. The number of ketones is 1. The third-order valence-electron chi connectivity index (χ3n) is 2.13. The Morgan fingerprint density at radius 2 is 2.07 bits per heavy atom. The lowest BCUT2D eigenvalue weighted by Crippen LogP contribution is -2.32. The van der Waals surface area contributed by atoms with Crippen LogP contribution in [0.3, 0.4) is 0 Å². The normalized spacial score (nSPS) is 11.4. The number of Topliss-reactive ketones (excluding diaryl/α,β-unsaturated/α-hetero) is 1. The molecule has 0 aliphatic carbocycles. The summed E-state index contributed by atoms with van der Waals surface area (Å²) in [7, 11) is 0. The molecule has 2 nitrogen and oxygen atoms in total. The van der Waals surface area contributed by atoms with Crippen molar-refractivity contribution in [2.75, 3.05) is 0 Å². The van der Waals surface area contributed by atoms with E-state index in [1.54, 1.807) is 0 Å². The Hall–Kier alpha value is -1.15. The maximum absolute atomic E-state index is 11.5. The van der Waals surface area contributed by atoms with E-state index in [2.05, 4.69) is 0 Å². The highest BCUT2D eigenvalue weighted by Crippen LogP contribution is 2.10. The van der Waals surface area contributed by atoms with Crippen LogP contribution in [-0.2, 0) is 11.2 Å². The molecule has 0 fully saturated rings. The largest absolute Gasteiger partial charge is 0.383 e. The van der Waals surface area contributed by atoms with E-state index < -0.39 is 5.60 Å². The van der Waals surface area contributed by atoms with Crippen LogP contribution in [0.4, 0.5) is 0 Å². The summed E-state index contributed by atoms with van der Waals surface area (Å²) in [4.78, 5) is 11.5. The zero-order valence-electron chi connectivity index (χ0n) is 8.87. The zero-order valence-corrected chi connectivity index (χ0v) is 8.87. The van der Waals surface area contributed by atoms with Gasteiger partial charge in [-0.15, -0.1) is 0 Å². The average molecular weight is 192 g/mol. The quantitative estimate of drug-likeness (QED) is 0.794. The molecule has 0 amide bonds. The van der Waals surface area contributed by atoms with E-state index >= 15 is 0 Å². The minimum Gasteiger partial charge on any atom is -0.383 e. The number of rotatable bonds is 3. The predicted octanol–water partition coefficient (Wildman–Crippen LogP) is 1.88. The summed E-state index contributed by atoms with van der Waals surface area (Å²) in [5.41, 5.74) is 0.854. The van der Waals surface area contributed by atoms with E-state index in [-0.39, 0.29) is 5.78 Å². The van der Waals surface area contributed by atoms with Crippen molar-refractivity contribution in [2.45, 2.75) is 32.8 Å². The van der Waals surface area contributed by atoms with Gasteiger partial charge in [-0.2, -0.15) is 0 Å². The van der Waals surface area contributed by atoms with Gasteiger partial charge in [0.05, 0.1) is 0 Å². The van der Waals surface area contributed by atoms with Crippen LogP contribution in [0.15, 0.2) is 24.3 Å². The second-order valence-electron chi connectivity index (χ2n) is 4.15. The number of carbonyl (C=O) groups excluding carboxylic acids is 1. The Kier molecular flexibility index (Phi) is 3.06. The Bertz CT molecular complexity index is 334. The highest BCUT2D eigenvalue weighted by Gasteiger charge is 2.23. The van der Waals surface area contributed by atoms with Crippen molar-refractivity contribution < 1.29 is 9.90 Å². The van der Waals surface area contributed by atoms with Gasteiger partial charge in [-0.25, -0.2) is 0 Å². The minimum atomic E-state index is -1.23. The first-order chi connectivity index (χ1) is 6.39. The highest BCUT2D eigenvalue weighted by molar-refractivity contribution is 5.88. The summed E-state index contributed by atoms with van der Waals surface area (Å²) < 4.78 is 0. The van der Waals surface area contributed by atoms with E-state index in [1.165, 1.54) is 13.8 Å². The third kappa shape index (κ3) is 2.96. The average Bonchev–Trinajstić information content (AvgIpc) is 2.02. The molecule has 0 unspecified atom stereocenters. The Morgan fingerprint density at radius 1 is 1.43 bits per heavy atom. The summed E-state index contributed by atoms with van der Waals surface area (Å²) in [6.45, 7) is 5.02. The van der Waals surface area contributed by atoms with Gasteiger partial charge in [0.25, 0.3) is 0 Å². The lowest BCUT2D eigenvalue weighted by molar-refractivity contribution is -0.133. The first kappa shape index (κ1) is 10.9. The summed E-state index contributed by atoms with van der Waals surface area (Å²) in [6.07, 6.45) is 0.297. The van der Waals surface area contributed by atoms with Crippen LogP contribution < -0.4 is 0 Å². The number of carbonyl (C=O) groups is 1. The fraction of sp³-hybridized carbons (Fsp3) is 0.417. The van der Waals surface area contributed by atoms with Gasteiger partial charge in [-0.1, -0.05) is 29.8 Å². The van der Waals surface area contributed by atoms with Gasteiger partial charge in [0.1, 0.15) is 5.60 Å². The summed E-state index contributed by atoms with van der Waals surface area (Å²) >= 11 is 0. The van der Waals surface area contributed by atoms with Gasteiger partial charge in [0.2, 0.25) is 0 Å². The summed E-state index contributed by atoms with van der Waals surface area (Å²) in [5, 5.41) is 9.47. The van der Waals surface area contributed by atoms with Crippen LogP contribution in [0.1, 0.15) is 25.0 Å². The Morgan fingerprint density at radius 3 is 2.57 bits per heavy atom. The molecular weight excluding hydrogens is 176 g/mol. The van der Waals surface area contributed by atoms with Gasteiger partial charge in [-0.05, 0) is 26.3 Å². The lowest BCUT2D eigenvalue weighted by Gasteiger charge is -2.15. The van der Waals surface area contributed by atoms with E-state index in [4.69, 9.17) is 0 Å². The van der Waals surface area contributed by atoms with Crippen molar-refractivity contribution in [1.29, 1.82) is 0 Å². The number of aliphatic hydroxyl groups is 1. The monoisotopic (exact) mass is 192 g/mol. The van der Waals surface area contributed by atoms with Crippen LogP contribution in [0.5, 0.6) is 0 Å². The van der Waals surface area contributed by atoms with Gasteiger partial charge in [0.15, 0.2) is 5.78 Å². The van der Waals surface area contributed by atoms with Gasteiger partial charge < -0.3 is 5.11 Å². The predicted molar refractivity (Wildman–Crippen MR) is 56.2 cm³/mol. The second kappa shape index (κ2) is 3.93. The van der Waals surface area contributed by atoms with Crippen molar-refractivity contribution in [3.8, 4) is 0 Å². The topological polar surface area (TPSA) is 37.3 Å². The molecule has 0 spiro atoms. The zero-order chi connectivity index (χ0) is 10.8. The first-order valence-electron chi connectivity index (χ1n) is 4.71. The molecule has 2 heteroatoms. The van der Waals surface area contributed by atoms with Crippen LogP contribution in [0, 0.1) is 6.92 Å². The molecule has 1 rings (SSSR count). The van der Waals surface area contributed by atoms with Crippen LogP contribution in [0.2, 0.25) is 0 Å². The molecule has 0 aromatic heterocycles. The fourth-order valence-electron chi connectivity index (χ4n) is 1.22. The minimum absolute atomic E-state index is 0.150. The first-order valence-corrected chi connectivity index (χ1v) is 4.71. The maximum atomic E-state index is 11.5. The number of aryl methyl sites for hydroxylation is 1. The van der Waals surface area contributed by atoms with E-state index in [9.17, 15) is 9.90 Å². The highest BCUT2D eigenvalue weighted by atomic mass is 16.3. The molecule has 1 N–H and O–H groups in total. The van der Waals surface area contributed by atoms with Gasteiger partial charge in [-0.3, -0.25) is 4.79 Å². The molecule has 0 aliphatic heterocycles. The summed E-state index contributed by atoms with van der Waals surface area (Å²) in [5.74, 6) is -0.150. The van der Waals surface area contributed by atoms with Crippen LogP contribution >= 0.6 is 0 Å². The molecule has 0 bridgehead atoms.